The molecule has 0 aromatic rings. The Hall–Kier alpha value is -0.110. The first-order chi connectivity index (χ1) is 9.33. The highest BCUT2D eigenvalue weighted by Gasteiger charge is 2.20. The average molecular weight is 284 g/mol. The smallest absolute Gasteiger partial charge is 0.0238 e. The standard InChI is InChI=1S/C17H33NS/c1-4-7-8-9-10-12-15(11-5-2)17-16(6-3)18-13-14-19-17/h15,18H,4-14H2,1-3H3. The summed E-state index contributed by atoms with van der Waals surface area (Å²) < 4.78 is 0. The molecule has 1 heterocycles. The lowest BCUT2D eigenvalue weighted by Crippen LogP contribution is -2.24. The van der Waals surface area contributed by atoms with Gasteiger partial charge in [0, 0.05) is 22.9 Å². The van der Waals surface area contributed by atoms with Crippen LogP contribution in [0.3, 0.4) is 0 Å². The van der Waals surface area contributed by atoms with E-state index in [1.165, 1.54) is 63.5 Å². The molecule has 0 aliphatic carbocycles. The molecule has 2 heteroatoms. The van der Waals surface area contributed by atoms with Crippen LogP contribution in [0.25, 0.3) is 0 Å². The van der Waals surface area contributed by atoms with Crippen LogP contribution in [0.4, 0.5) is 0 Å². The topological polar surface area (TPSA) is 12.0 Å². The molecule has 0 amide bonds. The normalized spacial score (nSPS) is 17.4. The summed E-state index contributed by atoms with van der Waals surface area (Å²) in [5, 5.41) is 3.63. The largest absolute Gasteiger partial charge is 0.387 e. The van der Waals surface area contributed by atoms with Crippen molar-refractivity contribution in [2.24, 2.45) is 5.92 Å². The van der Waals surface area contributed by atoms with Gasteiger partial charge in [0.15, 0.2) is 0 Å². The van der Waals surface area contributed by atoms with Crippen molar-refractivity contribution >= 4 is 11.8 Å². The van der Waals surface area contributed by atoms with E-state index in [-0.39, 0.29) is 0 Å². The molecule has 1 unspecified atom stereocenters. The summed E-state index contributed by atoms with van der Waals surface area (Å²) in [6.45, 7) is 8.07. The minimum Gasteiger partial charge on any atom is -0.387 e. The molecular formula is C17H33NS. The highest BCUT2D eigenvalue weighted by Crippen LogP contribution is 2.36. The Labute approximate surface area is 125 Å². The van der Waals surface area contributed by atoms with E-state index >= 15 is 0 Å². The van der Waals surface area contributed by atoms with E-state index in [0.717, 1.165) is 12.5 Å². The van der Waals surface area contributed by atoms with E-state index < -0.39 is 0 Å². The van der Waals surface area contributed by atoms with Crippen LogP contribution in [-0.2, 0) is 0 Å². The van der Waals surface area contributed by atoms with Crippen LogP contribution in [0.2, 0.25) is 0 Å². The average Bonchev–Trinajstić information content (AvgIpc) is 2.46. The van der Waals surface area contributed by atoms with E-state index in [2.05, 4.69) is 37.8 Å². The molecule has 19 heavy (non-hydrogen) atoms. The number of allylic oxidation sites excluding steroid dienone is 2. The van der Waals surface area contributed by atoms with Crippen LogP contribution in [-0.4, -0.2) is 12.3 Å². The second-order valence-electron chi connectivity index (χ2n) is 5.66. The summed E-state index contributed by atoms with van der Waals surface area (Å²) in [5.41, 5.74) is 1.54. The quantitative estimate of drug-likeness (QED) is 0.514. The molecule has 0 spiro atoms. The lowest BCUT2D eigenvalue weighted by Gasteiger charge is -2.27. The fourth-order valence-electron chi connectivity index (χ4n) is 2.95. The molecule has 112 valence electrons. The van der Waals surface area contributed by atoms with Crippen molar-refractivity contribution < 1.29 is 0 Å². The zero-order valence-corrected chi connectivity index (χ0v) is 14.1. The summed E-state index contributed by atoms with van der Waals surface area (Å²) in [6.07, 6.45) is 12.3. The minimum absolute atomic E-state index is 0.833. The Morgan fingerprint density at radius 1 is 1.00 bits per heavy atom. The van der Waals surface area contributed by atoms with E-state index in [1.807, 2.05) is 0 Å². The first-order valence-corrected chi connectivity index (χ1v) is 9.41. The van der Waals surface area contributed by atoms with E-state index in [4.69, 9.17) is 0 Å². The van der Waals surface area contributed by atoms with Gasteiger partial charge in [-0.3, -0.25) is 0 Å². The van der Waals surface area contributed by atoms with Gasteiger partial charge in [0.1, 0.15) is 0 Å². The van der Waals surface area contributed by atoms with Gasteiger partial charge in [-0.15, -0.1) is 11.8 Å². The van der Waals surface area contributed by atoms with Gasteiger partial charge in [-0.1, -0.05) is 59.3 Å². The van der Waals surface area contributed by atoms with Crippen LogP contribution in [0.15, 0.2) is 10.6 Å². The maximum Gasteiger partial charge on any atom is 0.0238 e. The van der Waals surface area contributed by atoms with Crippen LogP contribution in [0.5, 0.6) is 0 Å². The summed E-state index contributed by atoms with van der Waals surface area (Å²) in [5.74, 6) is 2.09. The predicted octanol–water partition coefficient (Wildman–Crippen LogP) is 5.72. The first kappa shape index (κ1) is 16.9. The third-order valence-electron chi connectivity index (χ3n) is 4.01. The molecule has 0 fully saturated rings. The number of unbranched alkanes of at least 4 members (excludes halogenated alkanes) is 4. The molecule has 0 saturated heterocycles. The maximum absolute atomic E-state index is 3.63. The Kier molecular flexibility index (Phi) is 9.50. The van der Waals surface area contributed by atoms with Gasteiger partial charge < -0.3 is 5.32 Å². The molecule has 1 atom stereocenters. The first-order valence-electron chi connectivity index (χ1n) is 8.43. The molecule has 0 aromatic heterocycles. The van der Waals surface area contributed by atoms with Gasteiger partial charge >= 0.3 is 0 Å². The zero-order valence-electron chi connectivity index (χ0n) is 13.3. The van der Waals surface area contributed by atoms with Crippen molar-refractivity contribution in [1.82, 2.24) is 5.32 Å². The van der Waals surface area contributed by atoms with E-state index in [9.17, 15) is 0 Å². The zero-order chi connectivity index (χ0) is 13.9. The minimum atomic E-state index is 0.833. The molecule has 0 aromatic carbocycles. The van der Waals surface area contributed by atoms with Gasteiger partial charge in [0.05, 0.1) is 0 Å². The highest BCUT2D eigenvalue weighted by atomic mass is 32.2. The molecular weight excluding hydrogens is 250 g/mol. The molecule has 1 rings (SSSR count). The number of thioether (sulfide) groups is 1. The molecule has 0 radical (unpaired) electrons. The second-order valence-corrected chi connectivity index (χ2v) is 6.80. The van der Waals surface area contributed by atoms with Crippen molar-refractivity contribution in [2.75, 3.05) is 12.3 Å². The summed E-state index contributed by atoms with van der Waals surface area (Å²) in [6, 6.07) is 0. The van der Waals surface area contributed by atoms with Crippen molar-refractivity contribution in [3.8, 4) is 0 Å². The SMILES string of the molecule is CCCCCCCC(CCC)C1=C(CC)NCCS1. The predicted molar refractivity (Wildman–Crippen MR) is 89.6 cm³/mol. The van der Waals surface area contributed by atoms with Gasteiger partial charge in [-0.2, -0.15) is 0 Å². The fourth-order valence-corrected chi connectivity index (χ4v) is 4.24. The van der Waals surface area contributed by atoms with Gasteiger partial charge in [-0.05, 0) is 25.2 Å². The van der Waals surface area contributed by atoms with Crippen molar-refractivity contribution in [2.45, 2.75) is 78.6 Å². The fraction of sp³-hybridized carbons (Fsp3) is 0.882. The van der Waals surface area contributed by atoms with E-state index in [1.54, 1.807) is 10.6 Å². The molecule has 1 N–H and O–H groups in total. The van der Waals surface area contributed by atoms with Gasteiger partial charge in [0.2, 0.25) is 0 Å². The van der Waals surface area contributed by atoms with E-state index in [0.29, 0.717) is 0 Å². The molecule has 0 saturated carbocycles. The molecule has 0 bridgehead atoms. The van der Waals surface area contributed by atoms with Crippen molar-refractivity contribution in [3.63, 3.8) is 0 Å². The molecule has 1 aliphatic rings. The third kappa shape index (κ3) is 6.25. The van der Waals surface area contributed by atoms with Crippen LogP contribution < -0.4 is 5.32 Å². The Morgan fingerprint density at radius 2 is 1.79 bits per heavy atom. The number of hydrogen-bond donors (Lipinski definition) is 1. The van der Waals surface area contributed by atoms with Gasteiger partial charge in [0.25, 0.3) is 0 Å². The highest BCUT2D eigenvalue weighted by molar-refractivity contribution is 8.03. The lowest BCUT2D eigenvalue weighted by molar-refractivity contribution is 0.480. The maximum atomic E-state index is 3.63. The molecule has 1 nitrogen and oxygen atoms in total. The van der Waals surface area contributed by atoms with Crippen molar-refractivity contribution in [1.29, 1.82) is 0 Å². The van der Waals surface area contributed by atoms with Crippen LogP contribution >= 0.6 is 11.8 Å². The monoisotopic (exact) mass is 283 g/mol. The number of rotatable bonds is 10. The van der Waals surface area contributed by atoms with Gasteiger partial charge in [-0.25, -0.2) is 0 Å². The lowest BCUT2D eigenvalue weighted by atomic mass is 9.94. The Bertz CT molecular complexity index is 260. The van der Waals surface area contributed by atoms with Crippen molar-refractivity contribution in [3.05, 3.63) is 10.6 Å². The third-order valence-corrected chi connectivity index (χ3v) is 5.31. The summed E-state index contributed by atoms with van der Waals surface area (Å²) in [7, 11) is 0. The van der Waals surface area contributed by atoms with Crippen LogP contribution in [0, 0.1) is 5.92 Å². The summed E-state index contributed by atoms with van der Waals surface area (Å²) >= 11 is 2.13. The second kappa shape index (κ2) is 10.7. The van der Waals surface area contributed by atoms with Crippen LogP contribution in [0.1, 0.15) is 78.6 Å². The summed E-state index contributed by atoms with van der Waals surface area (Å²) in [4.78, 5) is 1.70. The Morgan fingerprint density at radius 3 is 2.47 bits per heavy atom. The number of hydrogen-bond acceptors (Lipinski definition) is 2. The molecule has 1 aliphatic heterocycles. The number of nitrogens with one attached hydrogen (secondary N) is 1. The Balaban J connectivity index is 2.48.